The Labute approximate surface area is 115 Å². The summed E-state index contributed by atoms with van der Waals surface area (Å²) in [4.78, 5) is 4.21. The molecule has 0 saturated carbocycles. The topological polar surface area (TPSA) is 50.9 Å². The molecule has 0 saturated heterocycles. The molecule has 0 bridgehead atoms. The molecule has 0 aromatic carbocycles. The van der Waals surface area contributed by atoms with Crippen molar-refractivity contribution in [2.24, 2.45) is 5.41 Å². The van der Waals surface area contributed by atoms with E-state index in [1.54, 1.807) is 12.3 Å². The second-order valence-corrected chi connectivity index (χ2v) is 5.98. The van der Waals surface area contributed by atoms with E-state index in [0.29, 0.717) is 10.7 Å². The number of nitrogens with two attached hydrogens (primary N) is 1. The molecule has 1 aromatic heterocycles. The van der Waals surface area contributed by atoms with Crippen molar-refractivity contribution in [1.29, 1.82) is 0 Å². The third-order valence-electron chi connectivity index (χ3n) is 3.05. The highest BCUT2D eigenvalue weighted by Gasteiger charge is 2.17. The summed E-state index contributed by atoms with van der Waals surface area (Å²) < 4.78 is 0. The number of nitrogen functional groups attached to an aromatic ring is 1. The fourth-order valence-electron chi connectivity index (χ4n) is 1.85. The SMILES string of the molecule is CCCCCC(C)(C)CNc1ncc(N)cc1Cl. The summed E-state index contributed by atoms with van der Waals surface area (Å²) in [6.45, 7) is 7.62. The number of nitrogens with zero attached hydrogens (tertiary/aromatic N) is 1. The van der Waals surface area contributed by atoms with E-state index >= 15 is 0 Å². The maximum atomic E-state index is 6.08. The number of halogens is 1. The molecule has 0 spiro atoms. The quantitative estimate of drug-likeness (QED) is 0.724. The van der Waals surface area contributed by atoms with Gasteiger partial charge in [0.2, 0.25) is 0 Å². The fourth-order valence-corrected chi connectivity index (χ4v) is 2.09. The van der Waals surface area contributed by atoms with E-state index < -0.39 is 0 Å². The van der Waals surface area contributed by atoms with Crippen molar-refractivity contribution in [2.45, 2.75) is 46.5 Å². The summed E-state index contributed by atoms with van der Waals surface area (Å²) in [5.74, 6) is 0.717. The van der Waals surface area contributed by atoms with Crippen molar-refractivity contribution < 1.29 is 0 Å². The van der Waals surface area contributed by atoms with Crippen LogP contribution in [0.5, 0.6) is 0 Å². The van der Waals surface area contributed by atoms with E-state index in [0.717, 1.165) is 12.4 Å². The zero-order valence-corrected chi connectivity index (χ0v) is 12.3. The first-order valence-electron chi connectivity index (χ1n) is 6.59. The van der Waals surface area contributed by atoms with Crippen LogP contribution in [-0.4, -0.2) is 11.5 Å². The van der Waals surface area contributed by atoms with Gasteiger partial charge < -0.3 is 11.1 Å². The summed E-state index contributed by atoms with van der Waals surface area (Å²) in [5.41, 5.74) is 6.46. The van der Waals surface area contributed by atoms with Crippen LogP contribution in [0.25, 0.3) is 0 Å². The normalized spacial score (nSPS) is 11.6. The van der Waals surface area contributed by atoms with Gasteiger partial charge >= 0.3 is 0 Å². The summed E-state index contributed by atoms with van der Waals surface area (Å²) in [6.07, 6.45) is 6.66. The van der Waals surface area contributed by atoms with Crippen LogP contribution in [0.2, 0.25) is 5.02 Å². The lowest BCUT2D eigenvalue weighted by Gasteiger charge is -2.25. The van der Waals surface area contributed by atoms with Crippen molar-refractivity contribution in [3.05, 3.63) is 17.3 Å². The number of pyridine rings is 1. The van der Waals surface area contributed by atoms with Crippen molar-refractivity contribution in [3.63, 3.8) is 0 Å². The Morgan fingerprint density at radius 1 is 1.39 bits per heavy atom. The maximum Gasteiger partial charge on any atom is 0.144 e. The Morgan fingerprint density at radius 2 is 2.11 bits per heavy atom. The predicted octanol–water partition coefficient (Wildman–Crippen LogP) is 4.34. The van der Waals surface area contributed by atoms with E-state index in [1.165, 1.54) is 25.7 Å². The van der Waals surface area contributed by atoms with Crippen LogP contribution in [0.4, 0.5) is 11.5 Å². The van der Waals surface area contributed by atoms with Crippen LogP contribution in [0.15, 0.2) is 12.3 Å². The standard InChI is InChI=1S/C14H24ClN3/c1-4-5-6-7-14(2,3)10-18-13-12(15)8-11(16)9-17-13/h8-9H,4-7,10,16H2,1-3H3,(H,17,18). The summed E-state index contributed by atoms with van der Waals surface area (Å²) in [7, 11) is 0. The summed E-state index contributed by atoms with van der Waals surface area (Å²) in [6, 6.07) is 1.72. The Morgan fingerprint density at radius 3 is 2.72 bits per heavy atom. The largest absolute Gasteiger partial charge is 0.397 e. The van der Waals surface area contributed by atoms with Gasteiger partial charge in [0, 0.05) is 6.54 Å². The average Bonchev–Trinajstić information content (AvgIpc) is 2.28. The zero-order valence-electron chi connectivity index (χ0n) is 11.6. The Kier molecular flexibility index (Phi) is 5.73. The highest BCUT2D eigenvalue weighted by molar-refractivity contribution is 6.33. The minimum absolute atomic E-state index is 0.252. The lowest BCUT2D eigenvalue weighted by molar-refractivity contribution is 0.342. The molecular weight excluding hydrogens is 246 g/mol. The number of anilines is 2. The number of aromatic nitrogens is 1. The molecule has 4 heteroatoms. The molecule has 0 radical (unpaired) electrons. The van der Waals surface area contributed by atoms with E-state index in [1.807, 2.05) is 0 Å². The van der Waals surface area contributed by atoms with E-state index in [4.69, 9.17) is 17.3 Å². The van der Waals surface area contributed by atoms with Crippen LogP contribution in [0, 0.1) is 5.41 Å². The van der Waals surface area contributed by atoms with Crippen molar-refractivity contribution >= 4 is 23.1 Å². The highest BCUT2D eigenvalue weighted by Crippen LogP contribution is 2.26. The van der Waals surface area contributed by atoms with E-state index in [2.05, 4.69) is 31.1 Å². The monoisotopic (exact) mass is 269 g/mol. The number of hydrogen-bond donors (Lipinski definition) is 2. The fraction of sp³-hybridized carbons (Fsp3) is 0.643. The predicted molar refractivity (Wildman–Crippen MR) is 80.1 cm³/mol. The Hall–Kier alpha value is -0.960. The van der Waals surface area contributed by atoms with Gasteiger partial charge in [0.1, 0.15) is 5.82 Å². The molecular formula is C14H24ClN3. The average molecular weight is 270 g/mol. The molecule has 3 N–H and O–H groups in total. The van der Waals surface area contributed by atoms with Crippen molar-refractivity contribution in [2.75, 3.05) is 17.6 Å². The van der Waals surface area contributed by atoms with Gasteiger partial charge in [0.05, 0.1) is 16.9 Å². The molecule has 1 heterocycles. The number of rotatable bonds is 7. The van der Waals surface area contributed by atoms with Gasteiger partial charge in [-0.2, -0.15) is 0 Å². The molecule has 1 aromatic rings. The molecule has 0 unspecified atom stereocenters. The van der Waals surface area contributed by atoms with E-state index in [-0.39, 0.29) is 5.41 Å². The van der Waals surface area contributed by atoms with Crippen LogP contribution in [0.3, 0.4) is 0 Å². The molecule has 1 rings (SSSR count). The van der Waals surface area contributed by atoms with Crippen molar-refractivity contribution in [3.8, 4) is 0 Å². The van der Waals surface area contributed by atoms with E-state index in [9.17, 15) is 0 Å². The maximum absolute atomic E-state index is 6.08. The number of nitrogens with one attached hydrogen (secondary N) is 1. The molecule has 0 aliphatic carbocycles. The smallest absolute Gasteiger partial charge is 0.144 e. The zero-order chi connectivity index (χ0) is 13.6. The van der Waals surface area contributed by atoms with Gasteiger partial charge in [0.25, 0.3) is 0 Å². The lowest BCUT2D eigenvalue weighted by Crippen LogP contribution is -2.23. The Bertz CT molecular complexity index is 377. The van der Waals surface area contributed by atoms with Crippen LogP contribution >= 0.6 is 11.6 Å². The Balaban J connectivity index is 2.48. The lowest BCUT2D eigenvalue weighted by atomic mass is 9.87. The van der Waals surface area contributed by atoms with Gasteiger partial charge in [-0.15, -0.1) is 0 Å². The first kappa shape index (κ1) is 15.1. The molecule has 0 aliphatic heterocycles. The van der Waals surface area contributed by atoms with Crippen LogP contribution in [-0.2, 0) is 0 Å². The molecule has 0 amide bonds. The summed E-state index contributed by atoms with van der Waals surface area (Å²) >= 11 is 6.08. The number of unbranched alkanes of at least 4 members (excludes halogenated alkanes) is 2. The third-order valence-corrected chi connectivity index (χ3v) is 3.34. The van der Waals surface area contributed by atoms with Gasteiger partial charge in [-0.1, -0.05) is 51.6 Å². The molecule has 3 nitrogen and oxygen atoms in total. The minimum atomic E-state index is 0.252. The molecule has 102 valence electrons. The first-order valence-corrected chi connectivity index (χ1v) is 6.97. The van der Waals surface area contributed by atoms with Gasteiger partial charge in [-0.25, -0.2) is 4.98 Å². The van der Waals surface area contributed by atoms with Gasteiger partial charge in [-0.3, -0.25) is 0 Å². The molecule has 0 aliphatic rings. The molecule has 0 fully saturated rings. The second kappa shape index (κ2) is 6.83. The highest BCUT2D eigenvalue weighted by atomic mass is 35.5. The van der Waals surface area contributed by atoms with Crippen molar-refractivity contribution in [1.82, 2.24) is 4.98 Å². The van der Waals surface area contributed by atoms with Crippen LogP contribution < -0.4 is 11.1 Å². The first-order chi connectivity index (χ1) is 8.44. The molecule has 0 atom stereocenters. The van der Waals surface area contributed by atoms with Crippen LogP contribution in [0.1, 0.15) is 46.5 Å². The second-order valence-electron chi connectivity index (χ2n) is 5.57. The minimum Gasteiger partial charge on any atom is -0.397 e. The third kappa shape index (κ3) is 5.13. The van der Waals surface area contributed by atoms with Gasteiger partial charge in [-0.05, 0) is 17.9 Å². The number of hydrogen-bond acceptors (Lipinski definition) is 3. The molecule has 18 heavy (non-hydrogen) atoms. The van der Waals surface area contributed by atoms with Gasteiger partial charge in [0.15, 0.2) is 0 Å². The summed E-state index contributed by atoms with van der Waals surface area (Å²) in [5, 5.41) is 3.89.